The third kappa shape index (κ3) is 38.7. The molecule has 6 nitrogen and oxygen atoms in total. The SMILES string of the molecule is CC(=O)O.CCCON=C(N)N. The Balaban J connectivity index is 0. The van der Waals surface area contributed by atoms with Gasteiger partial charge in [-0.25, -0.2) is 0 Å². The van der Waals surface area contributed by atoms with Crippen molar-refractivity contribution in [2.45, 2.75) is 20.3 Å². The number of aliphatic carboxylic acids is 1. The lowest BCUT2D eigenvalue weighted by molar-refractivity contribution is -0.134. The van der Waals surface area contributed by atoms with Gasteiger partial charge in [0.15, 0.2) is 0 Å². The number of carboxylic acid groups (broad SMARTS) is 1. The first-order chi connectivity index (χ1) is 5.50. The van der Waals surface area contributed by atoms with E-state index in [1.165, 1.54) is 0 Å². The van der Waals surface area contributed by atoms with E-state index in [1.807, 2.05) is 6.92 Å². The molecule has 0 saturated carbocycles. The minimum absolute atomic E-state index is 0.0292. The highest BCUT2D eigenvalue weighted by molar-refractivity contribution is 5.74. The van der Waals surface area contributed by atoms with Gasteiger partial charge >= 0.3 is 0 Å². The van der Waals surface area contributed by atoms with E-state index in [4.69, 9.17) is 21.4 Å². The van der Waals surface area contributed by atoms with E-state index >= 15 is 0 Å². The zero-order valence-electron chi connectivity index (χ0n) is 7.28. The molecule has 0 atom stereocenters. The van der Waals surface area contributed by atoms with Crippen LogP contribution in [0.5, 0.6) is 0 Å². The molecule has 0 aliphatic carbocycles. The van der Waals surface area contributed by atoms with Crippen molar-refractivity contribution in [3.8, 4) is 0 Å². The number of carboxylic acids is 1. The first-order valence-electron chi connectivity index (χ1n) is 3.41. The summed E-state index contributed by atoms with van der Waals surface area (Å²) in [5.74, 6) is -0.863. The summed E-state index contributed by atoms with van der Waals surface area (Å²) in [6.07, 6.45) is 0.913. The van der Waals surface area contributed by atoms with E-state index in [0.717, 1.165) is 13.3 Å². The average molecular weight is 177 g/mol. The molecule has 0 saturated heterocycles. The predicted octanol–water partition coefficient (Wildman–Crippen LogP) is -0.308. The number of hydrogen-bond acceptors (Lipinski definition) is 3. The summed E-state index contributed by atoms with van der Waals surface area (Å²) in [4.78, 5) is 13.6. The van der Waals surface area contributed by atoms with E-state index in [2.05, 4.69) is 9.99 Å². The second-order valence-corrected chi connectivity index (χ2v) is 1.87. The maximum absolute atomic E-state index is 9.00. The molecule has 0 rings (SSSR count). The van der Waals surface area contributed by atoms with Crippen molar-refractivity contribution in [1.82, 2.24) is 0 Å². The van der Waals surface area contributed by atoms with E-state index < -0.39 is 5.97 Å². The number of nitrogens with two attached hydrogens (primary N) is 2. The number of oxime groups is 1. The minimum atomic E-state index is -0.833. The second kappa shape index (κ2) is 9.54. The van der Waals surface area contributed by atoms with Gasteiger partial charge in [0.2, 0.25) is 5.96 Å². The van der Waals surface area contributed by atoms with Crippen LogP contribution >= 0.6 is 0 Å². The van der Waals surface area contributed by atoms with Gasteiger partial charge in [-0.1, -0.05) is 6.92 Å². The van der Waals surface area contributed by atoms with Crippen LogP contribution in [0.15, 0.2) is 5.16 Å². The van der Waals surface area contributed by atoms with Crippen molar-refractivity contribution < 1.29 is 14.7 Å². The first kappa shape index (κ1) is 13.2. The largest absolute Gasteiger partial charge is 0.481 e. The smallest absolute Gasteiger partial charge is 0.300 e. The standard InChI is InChI=1S/C4H11N3O.C2H4O2/c1-2-3-8-7-4(5)6;1-2(3)4/h2-3H2,1H3,(H4,5,6,7);1H3,(H,3,4). The molecule has 6 heteroatoms. The topological polar surface area (TPSA) is 111 Å². The van der Waals surface area contributed by atoms with E-state index in [9.17, 15) is 0 Å². The zero-order valence-corrected chi connectivity index (χ0v) is 7.28. The van der Waals surface area contributed by atoms with Crippen molar-refractivity contribution in [2.75, 3.05) is 6.61 Å². The van der Waals surface area contributed by atoms with Crippen molar-refractivity contribution in [3.63, 3.8) is 0 Å². The number of nitrogens with zero attached hydrogens (tertiary/aromatic N) is 1. The Labute approximate surface area is 71.2 Å². The van der Waals surface area contributed by atoms with Crippen LogP contribution in [0.3, 0.4) is 0 Å². The van der Waals surface area contributed by atoms with Crippen molar-refractivity contribution >= 4 is 11.9 Å². The number of guanidine groups is 1. The summed E-state index contributed by atoms with van der Waals surface area (Å²) >= 11 is 0. The van der Waals surface area contributed by atoms with Gasteiger partial charge in [-0.05, 0) is 11.6 Å². The summed E-state index contributed by atoms with van der Waals surface area (Å²) in [6, 6.07) is 0. The molecule has 0 aliphatic rings. The molecule has 0 aromatic heterocycles. The summed E-state index contributed by atoms with van der Waals surface area (Å²) in [5, 5.41) is 10.7. The fourth-order valence-electron chi connectivity index (χ4n) is 0.211. The van der Waals surface area contributed by atoms with Gasteiger partial charge in [0.1, 0.15) is 6.61 Å². The predicted molar refractivity (Wildman–Crippen MR) is 45.4 cm³/mol. The van der Waals surface area contributed by atoms with Gasteiger partial charge in [-0.3, -0.25) is 4.79 Å². The van der Waals surface area contributed by atoms with Gasteiger partial charge < -0.3 is 21.4 Å². The summed E-state index contributed by atoms with van der Waals surface area (Å²) < 4.78 is 0. The van der Waals surface area contributed by atoms with Crippen LogP contribution in [0.25, 0.3) is 0 Å². The molecule has 0 spiro atoms. The maximum atomic E-state index is 9.00. The highest BCUT2D eigenvalue weighted by Gasteiger charge is 1.78. The highest BCUT2D eigenvalue weighted by Crippen LogP contribution is 1.77. The van der Waals surface area contributed by atoms with E-state index in [-0.39, 0.29) is 5.96 Å². The molecule has 12 heavy (non-hydrogen) atoms. The van der Waals surface area contributed by atoms with Crippen LogP contribution in [0.4, 0.5) is 0 Å². The molecule has 0 amide bonds. The molecular weight excluding hydrogens is 162 g/mol. The molecular formula is C6H15N3O3. The molecule has 0 aromatic rings. The minimum Gasteiger partial charge on any atom is -0.481 e. The van der Waals surface area contributed by atoms with Crippen molar-refractivity contribution in [2.24, 2.45) is 16.6 Å². The molecule has 0 fully saturated rings. The van der Waals surface area contributed by atoms with Gasteiger partial charge in [-0.2, -0.15) is 0 Å². The van der Waals surface area contributed by atoms with Crippen molar-refractivity contribution in [1.29, 1.82) is 0 Å². The molecule has 0 aromatic carbocycles. The molecule has 72 valence electrons. The Morgan fingerprint density at radius 2 is 2.00 bits per heavy atom. The molecule has 0 heterocycles. The molecule has 0 radical (unpaired) electrons. The molecule has 0 unspecified atom stereocenters. The maximum Gasteiger partial charge on any atom is 0.300 e. The molecule has 0 bridgehead atoms. The highest BCUT2D eigenvalue weighted by atomic mass is 16.6. The average Bonchev–Trinajstić information content (AvgIpc) is 1.86. The number of hydrogen-bond donors (Lipinski definition) is 3. The van der Waals surface area contributed by atoms with Crippen LogP contribution in [0.1, 0.15) is 20.3 Å². The zero-order chi connectivity index (χ0) is 9.98. The van der Waals surface area contributed by atoms with Gasteiger partial charge in [0.25, 0.3) is 5.97 Å². The quantitative estimate of drug-likeness (QED) is 0.237. The van der Waals surface area contributed by atoms with Crippen LogP contribution in [0, 0.1) is 0 Å². The van der Waals surface area contributed by atoms with E-state index in [0.29, 0.717) is 6.61 Å². The van der Waals surface area contributed by atoms with Gasteiger partial charge in [0.05, 0.1) is 0 Å². The second-order valence-electron chi connectivity index (χ2n) is 1.87. The third-order valence-electron chi connectivity index (χ3n) is 0.465. The fourth-order valence-corrected chi connectivity index (χ4v) is 0.211. The lowest BCUT2D eigenvalue weighted by Crippen LogP contribution is -2.22. The van der Waals surface area contributed by atoms with Gasteiger partial charge in [0, 0.05) is 6.92 Å². The Morgan fingerprint density at radius 1 is 1.58 bits per heavy atom. The Kier molecular flexibility index (Phi) is 10.5. The van der Waals surface area contributed by atoms with Gasteiger partial charge in [-0.15, -0.1) is 0 Å². The number of rotatable bonds is 3. The Morgan fingerprint density at radius 3 is 2.25 bits per heavy atom. The number of carbonyl (C=O) groups is 1. The molecule has 0 aliphatic heterocycles. The van der Waals surface area contributed by atoms with Crippen LogP contribution in [0.2, 0.25) is 0 Å². The van der Waals surface area contributed by atoms with E-state index in [1.54, 1.807) is 0 Å². The summed E-state index contributed by atoms with van der Waals surface area (Å²) in [7, 11) is 0. The molecule has 5 N–H and O–H groups in total. The van der Waals surface area contributed by atoms with Crippen LogP contribution in [-0.2, 0) is 9.63 Å². The normalized spacial score (nSPS) is 7.50. The van der Waals surface area contributed by atoms with Crippen LogP contribution < -0.4 is 11.5 Å². The monoisotopic (exact) mass is 177 g/mol. The van der Waals surface area contributed by atoms with Crippen LogP contribution in [-0.4, -0.2) is 23.6 Å². The Bertz CT molecular complexity index is 139. The lowest BCUT2D eigenvalue weighted by atomic mass is 10.5. The third-order valence-corrected chi connectivity index (χ3v) is 0.465. The summed E-state index contributed by atoms with van der Waals surface area (Å²) in [5.41, 5.74) is 9.87. The summed E-state index contributed by atoms with van der Waals surface area (Å²) in [6.45, 7) is 3.63. The first-order valence-corrected chi connectivity index (χ1v) is 3.41. The van der Waals surface area contributed by atoms with Crippen molar-refractivity contribution in [3.05, 3.63) is 0 Å². The Hall–Kier alpha value is -1.46. The fraction of sp³-hybridized carbons (Fsp3) is 0.667. The lowest BCUT2D eigenvalue weighted by Gasteiger charge is -1.92.